The Morgan fingerprint density at radius 2 is 1.95 bits per heavy atom. The Labute approximate surface area is 120 Å². The van der Waals surface area contributed by atoms with Crippen LogP contribution in [0.25, 0.3) is 11.0 Å². The molecule has 0 radical (unpaired) electrons. The lowest BCUT2D eigenvalue weighted by Crippen LogP contribution is -2.30. The van der Waals surface area contributed by atoms with E-state index in [0.29, 0.717) is 0 Å². The number of halogens is 1. The Kier molecular flexibility index (Phi) is 3.91. The first-order valence-electron chi connectivity index (χ1n) is 7.07. The Morgan fingerprint density at radius 1 is 1.32 bits per heavy atom. The van der Waals surface area contributed by atoms with E-state index < -0.39 is 0 Å². The van der Waals surface area contributed by atoms with E-state index in [1.165, 1.54) is 11.1 Å². The first-order chi connectivity index (χ1) is 8.94. The number of nitrogens with zero attached hydrogens (tertiary/aromatic N) is 2. The number of imidazole rings is 1. The lowest BCUT2D eigenvalue weighted by atomic mass is 9.94. The summed E-state index contributed by atoms with van der Waals surface area (Å²) in [7, 11) is 0. The molecule has 1 atom stereocenters. The van der Waals surface area contributed by atoms with E-state index in [1.807, 2.05) is 6.92 Å². The van der Waals surface area contributed by atoms with Crippen molar-refractivity contribution in [2.45, 2.75) is 58.4 Å². The van der Waals surface area contributed by atoms with Crippen LogP contribution in [0.5, 0.6) is 0 Å². The van der Waals surface area contributed by atoms with Gasteiger partial charge in [-0.05, 0) is 45.2 Å². The van der Waals surface area contributed by atoms with Crippen molar-refractivity contribution in [3.8, 4) is 0 Å². The average molecular weight is 279 g/mol. The van der Waals surface area contributed by atoms with Gasteiger partial charge in [-0.2, -0.15) is 0 Å². The summed E-state index contributed by atoms with van der Waals surface area (Å²) in [6.45, 7) is 10.9. The van der Waals surface area contributed by atoms with Crippen LogP contribution in [0.1, 0.15) is 57.3 Å². The zero-order valence-corrected chi connectivity index (χ0v) is 13.3. The maximum absolute atomic E-state index is 6.37. The van der Waals surface area contributed by atoms with E-state index >= 15 is 0 Å². The van der Waals surface area contributed by atoms with Gasteiger partial charge in [-0.15, -0.1) is 11.6 Å². The van der Waals surface area contributed by atoms with Crippen molar-refractivity contribution >= 4 is 22.6 Å². The van der Waals surface area contributed by atoms with E-state index in [-0.39, 0.29) is 10.9 Å². The quantitative estimate of drug-likeness (QED) is 0.705. The second-order valence-corrected chi connectivity index (χ2v) is 6.22. The summed E-state index contributed by atoms with van der Waals surface area (Å²) in [5.74, 6) is 0.983. The van der Waals surface area contributed by atoms with Gasteiger partial charge in [0.2, 0.25) is 0 Å². The highest BCUT2D eigenvalue weighted by atomic mass is 35.5. The molecule has 2 aromatic rings. The first kappa shape index (κ1) is 14.4. The molecule has 1 heterocycles. The molecular weight excluding hydrogens is 256 g/mol. The number of alkyl halides is 1. The van der Waals surface area contributed by atoms with Gasteiger partial charge in [0, 0.05) is 5.54 Å². The summed E-state index contributed by atoms with van der Waals surface area (Å²) in [6, 6.07) is 6.29. The Balaban J connectivity index is 2.85. The molecule has 1 aromatic heterocycles. The van der Waals surface area contributed by atoms with Crippen molar-refractivity contribution in [2.75, 3.05) is 0 Å². The van der Waals surface area contributed by atoms with Gasteiger partial charge >= 0.3 is 0 Å². The zero-order valence-electron chi connectivity index (χ0n) is 12.5. The predicted molar refractivity (Wildman–Crippen MR) is 83.0 cm³/mol. The topological polar surface area (TPSA) is 17.8 Å². The van der Waals surface area contributed by atoms with Gasteiger partial charge in [-0.25, -0.2) is 4.98 Å². The molecule has 2 nitrogen and oxygen atoms in total. The summed E-state index contributed by atoms with van der Waals surface area (Å²) in [4.78, 5) is 4.77. The van der Waals surface area contributed by atoms with Crippen molar-refractivity contribution < 1.29 is 0 Å². The number of hydrogen-bond donors (Lipinski definition) is 0. The third kappa shape index (κ3) is 2.27. The summed E-state index contributed by atoms with van der Waals surface area (Å²) in [5, 5.41) is -0.0794. The van der Waals surface area contributed by atoms with Crippen LogP contribution < -0.4 is 0 Å². The summed E-state index contributed by atoms with van der Waals surface area (Å²) < 4.78 is 2.37. The van der Waals surface area contributed by atoms with Crippen molar-refractivity contribution in [3.05, 3.63) is 29.6 Å². The van der Waals surface area contributed by atoms with Gasteiger partial charge in [-0.3, -0.25) is 0 Å². The van der Waals surface area contributed by atoms with E-state index in [1.54, 1.807) is 0 Å². The Bertz CT molecular complexity index is 580. The van der Waals surface area contributed by atoms with Crippen molar-refractivity contribution in [2.24, 2.45) is 0 Å². The highest BCUT2D eigenvalue weighted by Gasteiger charge is 2.29. The first-order valence-corrected chi connectivity index (χ1v) is 7.50. The van der Waals surface area contributed by atoms with E-state index in [2.05, 4.69) is 50.5 Å². The molecule has 19 heavy (non-hydrogen) atoms. The SMILES string of the molecule is CCC(C)(CC)n1c(C(C)Cl)nc2cccc(C)c21. The van der Waals surface area contributed by atoms with Crippen LogP contribution in [-0.4, -0.2) is 9.55 Å². The van der Waals surface area contributed by atoms with Gasteiger partial charge < -0.3 is 4.57 Å². The summed E-state index contributed by atoms with van der Waals surface area (Å²) in [6.07, 6.45) is 2.14. The fraction of sp³-hybridized carbons (Fsp3) is 0.562. The third-order valence-electron chi connectivity index (χ3n) is 4.32. The molecule has 0 saturated heterocycles. The smallest absolute Gasteiger partial charge is 0.128 e. The predicted octanol–water partition coefficient (Wildman–Crippen LogP) is 5.18. The Morgan fingerprint density at radius 3 is 2.47 bits per heavy atom. The molecule has 0 N–H and O–H groups in total. The number of fused-ring (bicyclic) bond motifs is 1. The highest BCUT2D eigenvalue weighted by molar-refractivity contribution is 6.20. The minimum absolute atomic E-state index is 0.0688. The lowest BCUT2D eigenvalue weighted by molar-refractivity contribution is 0.293. The average Bonchev–Trinajstić information content (AvgIpc) is 2.79. The van der Waals surface area contributed by atoms with Crippen LogP contribution >= 0.6 is 11.6 Å². The number of aromatic nitrogens is 2. The molecule has 1 unspecified atom stereocenters. The molecular formula is C16H23ClN2. The molecule has 0 aliphatic rings. The van der Waals surface area contributed by atoms with Crippen molar-refractivity contribution in [1.29, 1.82) is 0 Å². The summed E-state index contributed by atoms with van der Waals surface area (Å²) >= 11 is 6.37. The fourth-order valence-corrected chi connectivity index (χ4v) is 2.84. The van der Waals surface area contributed by atoms with Crippen molar-refractivity contribution in [3.63, 3.8) is 0 Å². The normalized spacial score (nSPS) is 14.0. The lowest BCUT2D eigenvalue weighted by Gasteiger charge is -2.32. The number of para-hydroxylation sites is 1. The molecule has 0 spiro atoms. The van der Waals surface area contributed by atoms with Gasteiger partial charge in [0.25, 0.3) is 0 Å². The molecule has 0 aliphatic heterocycles. The van der Waals surface area contributed by atoms with Crippen LogP contribution in [0.4, 0.5) is 0 Å². The van der Waals surface area contributed by atoms with Crippen LogP contribution in [-0.2, 0) is 5.54 Å². The fourth-order valence-electron chi connectivity index (χ4n) is 2.69. The minimum Gasteiger partial charge on any atom is -0.321 e. The molecule has 3 heteroatoms. The maximum atomic E-state index is 6.37. The molecule has 2 rings (SSSR count). The largest absolute Gasteiger partial charge is 0.321 e. The van der Waals surface area contributed by atoms with Crippen LogP contribution in [0.2, 0.25) is 0 Å². The molecule has 0 amide bonds. The zero-order chi connectivity index (χ0) is 14.2. The number of aryl methyl sites for hydroxylation is 1. The molecule has 0 aliphatic carbocycles. The summed E-state index contributed by atoms with van der Waals surface area (Å²) in [5.41, 5.74) is 3.62. The van der Waals surface area contributed by atoms with E-state index in [0.717, 1.165) is 24.2 Å². The third-order valence-corrected chi connectivity index (χ3v) is 4.52. The van der Waals surface area contributed by atoms with Gasteiger partial charge in [-0.1, -0.05) is 26.0 Å². The number of hydrogen-bond acceptors (Lipinski definition) is 1. The van der Waals surface area contributed by atoms with Gasteiger partial charge in [0.1, 0.15) is 5.82 Å². The molecule has 1 aromatic carbocycles. The van der Waals surface area contributed by atoms with Crippen LogP contribution in [0.3, 0.4) is 0 Å². The van der Waals surface area contributed by atoms with Crippen molar-refractivity contribution in [1.82, 2.24) is 9.55 Å². The Hall–Kier alpha value is -1.02. The van der Waals surface area contributed by atoms with E-state index in [4.69, 9.17) is 16.6 Å². The molecule has 0 bridgehead atoms. The number of rotatable bonds is 4. The molecule has 104 valence electrons. The van der Waals surface area contributed by atoms with E-state index in [9.17, 15) is 0 Å². The van der Waals surface area contributed by atoms with Gasteiger partial charge in [0.15, 0.2) is 0 Å². The minimum atomic E-state index is -0.0794. The van der Waals surface area contributed by atoms with Crippen LogP contribution in [0, 0.1) is 6.92 Å². The van der Waals surface area contributed by atoms with Crippen LogP contribution in [0.15, 0.2) is 18.2 Å². The maximum Gasteiger partial charge on any atom is 0.128 e. The molecule has 0 saturated carbocycles. The second kappa shape index (κ2) is 5.16. The number of benzene rings is 1. The highest BCUT2D eigenvalue weighted by Crippen LogP contribution is 2.35. The standard InChI is InChI=1S/C16H23ClN2/c1-6-16(5,7-2)19-14-11(3)9-8-10-13(14)18-15(19)12(4)17/h8-10,12H,6-7H2,1-5H3. The second-order valence-electron chi connectivity index (χ2n) is 5.57. The molecule has 0 fully saturated rings. The monoisotopic (exact) mass is 278 g/mol. The van der Waals surface area contributed by atoms with Gasteiger partial charge in [0.05, 0.1) is 16.4 Å².